The van der Waals surface area contributed by atoms with Crippen molar-refractivity contribution in [3.8, 4) is 5.75 Å². The van der Waals surface area contributed by atoms with E-state index in [-0.39, 0.29) is 25.0 Å². The van der Waals surface area contributed by atoms with Crippen molar-refractivity contribution in [2.75, 3.05) is 29.6 Å². The van der Waals surface area contributed by atoms with Crippen LogP contribution in [0.5, 0.6) is 5.75 Å². The van der Waals surface area contributed by atoms with E-state index >= 15 is 0 Å². The first-order valence-corrected chi connectivity index (χ1v) is 13.0. The molecule has 3 aromatic rings. The summed E-state index contributed by atoms with van der Waals surface area (Å²) in [5.41, 5.74) is 8.30. The molecule has 0 fully saturated rings. The van der Waals surface area contributed by atoms with Crippen molar-refractivity contribution in [3.63, 3.8) is 0 Å². The maximum Gasteiger partial charge on any atom is 0.412 e. The molecule has 2 atom stereocenters. The fraction of sp³-hybridized carbons (Fsp3) is 0.241. The van der Waals surface area contributed by atoms with Gasteiger partial charge in [0.05, 0.1) is 18.0 Å². The molecule has 0 aliphatic carbocycles. The minimum atomic E-state index is -0.582. The van der Waals surface area contributed by atoms with E-state index in [1.165, 1.54) is 6.08 Å². The standard InChI is InChI=1S/C29H32BrN3O5/c1-20(7-2-5-12-27(35)33-26-11-4-3-10-25(26)31)28(21-8-6-9-24(19-21)37-18-17-34)38-29(36)32-23-15-13-22(30)14-16-23/h3-6,8-16,19-20,28,34H,2,7,17-18,31H2,1H3,(H,32,36)(H,33,35)/b12-5+/t20-,28+/m1/s1. The Hall–Kier alpha value is -3.82. The van der Waals surface area contributed by atoms with Crippen LogP contribution >= 0.6 is 15.9 Å². The van der Waals surface area contributed by atoms with Gasteiger partial charge in [-0.15, -0.1) is 0 Å². The molecule has 0 aliphatic rings. The van der Waals surface area contributed by atoms with Gasteiger partial charge in [0.15, 0.2) is 0 Å². The van der Waals surface area contributed by atoms with Gasteiger partial charge < -0.3 is 25.6 Å². The Labute approximate surface area is 231 Å². The fourth-order valence-electron chi connectivity index (χ4n) is 3.74. The fourth-order valence-corrected chi connectivity index (χ4v) is 4.00. The number of hydrogen-bond acceptors (Lipinski definition) is 6. The highest BCUT2D eigenvalue weighted by molar-refractivity contribution is 9.10. The van der Waals surface area contributed by atoms with Crippen molar-refractivity contribution >= 4 is 45.0 Å². The first-order chi connectivity index (χ1) is 18.4. The second-order valence-electron chi connectivity index (χ2n) is 8.64. The van der Waals surface area contributed by atoms with Gasteiger partial charge in [0.1, 0.15) is 18.5 Å². The lowest BCUT2D eigenvalue weighted by Crippen LogP contribution is -2.22. The first-order valence-electron chi connectivity index (χ1n) is 12.2. The molecule has 3 aromatic carbocycles. The Morgan fingerprint density at radius 1 is 1.05 bits per heavy atom. The molecule has 38 heavy (non-hydrogen) atoms. The number of carbonyl (C=O) groups is 2. The van der Waals surface area contributed by atoms with E-state index < -0.39 is 12.2 Å². The number of nitrogens with two attached hydrogens (primary N) is 1. The van der Waals surface area contributed by atoms with E-state index in [2.05, 4.69) is 26.6 Å². The molecule has 0 saturated carbocycles. The van der Waals surface area contributed by atoms with Gasteiger partial charge in [0, 0.05) is 10.2 Å². The lowest BCUT2D eigenvalue weighted by atomic mass is 9.93. The third-order valence-corrected chi connectivity index (χ3v) is 6.19. The van der Waals surface area contributed by atoms with Crippen LogP contribution < -0.4 is 21.1 Å². The molecule has 3 rings (SSSR count). The van der Waals surface area contributed by atoms with Crippen molar-refractivity contribution in [2.45, 2.75) is 25.9 Å². The van der Waals surface area contributed by atoms with Gasteiger partial charge >= 0.3 is 6.09 Å². The number of para-hydroxylation sites is 2. The number of allylic oxidation sites excluding steroid dienone is 1. The maximum atomic E-state index is 12.8. The number of aliphatic hydroxyl groups is 1. The normalized spacial score (nSPS) is 12.5. The summed E-state index contributed by atoms with van der Waals surface area (Å²) < 4.78 is 12.3. The van der Waals surface area contributed by atoms with Crippen LogP contribution in [0.3, 0.4) is 0 Å². The van der Waals surface area contributed by atoms with E-state index in [1.807, 2.05) is 31.2 Å². The molecule has 200 valence electrons. The lowest BCUT2D eigenvalue weighted by molar-refractivity contribution is -0.111. The molecule has 0 saturated heterocycles. The van der Waals surface area contributed by atoms with Gasteiger partial charge in [-0.2, -0.15) is 0 Å². The van der Waals surface area contributed by atoms with E-state index in [4.69, 9.17) is 20.3 Å². The van der Waals surface area contributed by atoms with E-state index in [9.17, 15) is 9.59 Å². The monoisotopic (exact) mass is 581 g/mol. The van der Waals surface area contributed by atoms with Gasteiger partial charge in [0.2, 0.25) is 5.91 Å². The van der Waals surface area contributed by atoms with Crippen molar-refractivity contribution in [1.82, 2.24) is 0 Å². The van der Waals surface area contributed by atoms with Crippen molar-refractivity contribution in [1.29, 1.82) is 0 Å². The number of ether oxygens (including phenoxy) is 2. The Balaban J connectivity index is 1.65. The topological polar surface area (TPSA) is 123 Å². The van der Waals surface area contributed by atoms with E-state index in [0.29, 0.717) is 35.7 Å². The second-order valence-corrected chi connectivity index (χ2v) is 9.55. The van der Waals surface area contributed by atoms with Crippen molar-refractivity contribution in [3.05, 3.63) is 95.0 Å². The van der Waals surface area contributed by atoms with Crippen LogP contribution in [0.25, 0.3) is 0 Å². The smallest absolute Gasteiger partial charge is 0.412 e. The molecule has 0 unspecified atom stereocenters. The maximum absolute atomic E-state index is 12.8. The predicted octanol–water partition coefficient (Wildman–Crippen LogP) is 6.30. The summed E-state index contributed by atoms with van der Waals surface area (Å²) in [4.78, 5) is 25.0. The average Bonchev–Trinajstić information content (AvgIpc) is 2.91. The molecule has 0 aliphatic heterocycles. The number of rotatable bonds is 12. The molecule has 2 amide bonds. The Bertz CT molecular complexity index is 1230. The van der Waals surface area contributed by atoms with Crippen LogP contribution in [0, 0.1) is 5.92 Å². The van der Waals surface area contributed by atoms with Crippen LogP contribution in [-0.4, -0.2) is 30.3 Å². The molecule has 9 heteroatoms. The van der Waals surface area contributed by atoms with Crippen LogP contribution in [0.2, 0.25) is 0 Å². The summed E-state index contributed by atoms with van der Waals surface area (Å²) in [6.45, 7) is 2.04. The quantitative estimate of drug-likeness (QED) is 0.147. The Morgan fingerprint density at radius 2 is 1.82 bits per heavy atom. The van der Waals surface area contributed by atoms with Gasteiger partial charge in [-0.05, 0) is 78.9 Å². The third kappa shape index (κ3) is 9.24. The molecule has 0 bridgehead atoms. The average molecular weight is 582 g/mol. The molecule has 8 nitrogen and oxygen atoms in total. The molecular formula is C29H32BrN3O5. The van der Waals surface area contributed by atoms with E-state index in [0.717, 1.165) is 10.0 Å². The zero-order chi connectivity index (χ0) is 27.3. The summed E-state index contributed by atoms with van der Waals surface area (Å²) >= 11 is 3.38. The van der Waals surface area contributed by atoms with Gasteiger partial charge in [-0.3, -0.25) is 10.1 Å². The molecule has 0 heterocycles. The number of nitrogen functional groups attached to an aromatic ring is 1. The minimum absolute atomic E-state index is 0.0868. The van der Waals surface area contributed by atoms with Crippen molar-refractivity contribution < 1.29 is 24.2 Å². The molecule has 0 aromatic heterocycles. The molecule has 0 radical (unpaired) electrons. The first kappa shape index (κ1) is 28.7. The number of benzene rings is 3. The largest absolute Gasteiger partial charge is 0.491 e. The number of aliphatic hydroxyl groups excluding tert-OH is 1. The summed E-state index contributed by atoms with van der Waals surface area (Å²) in [6, 6.07) is 21.5. The summed E-state index contributed by atoms with van der Waals surface area (Å²) in [7, 11) is 0. The van der Waals surface area contributed by atoms with Crippen LogP contribution in [0.1, 0.15) is 31.4 Å². The predicted molar refractivity (Wildman–Crippen MR) is 153 cm³/mol. The number of carbonyl (C=O) groups excluding carboxylic acids is 2. The summed E-state index contributed by atoms with van der Waals surface area (Å²) in [5.74, 6) is 0.213. The SMILES string of the molecule is C[C@H](CC/C=C/C(=O)Nc1ccccc1N)[C@H](OC(=O)Nc1ccc(Br)cc1)c1cccc(OCCO)c1. The van der Waals surface area contributed by atoms with Crippen LogP contribution in [-0.2, 0) is 9.53 Å². The van der Waals surface area contributed by atoms with Crippen LogP contribution in [0.15, 0.2) is 89.4 Å². The number of nitrogens with one attached hydrogen (secondary N) is 2. The molecule has 0 spiro atoms. The Kier molecular flexibility index (Phi) is 11.2. The Morgan fingerprint density at radius 3 is 2.55 bits per heavy atom. The third-order valence-electron chi connectivity index (χ3n) is 5.66. The number of halogens is 1. The highest BCUT2D eigenvalue weighted by Gasteiger charge is 2.24. The van der Waals surface area contributed by atoms with Gasteiger partial charge in [-0.1, -0.05) is 53.2 Å². The number of anilines is 3. The lowest BCUT2D eigenvalue weighted by Gasteiger charge is -2.25. The van der Waals surface area contributed by atoms with Gasteiger partial charge in [0.25, 0.3) is 0 Å². The summed E-state index contributed by atoms with van der Waals surface area (Å²) in [5, 5.41) is 14.6. The molecular weight excluding hydrogens is 550 g/mol. The minimum Gasteiger partial charge on any atom is -0.491 e. The van der Waals surface area contributed by atoms with Gasteiger partial charge in [-0.25, -0.2) is 4.79 Å². The molecule has 5 N–H and O–H groups in total. The summed E-state index contributed by atoms with van der Waals surface area (Å²) in [6.07, 6.45) is 3.34. The van der Waals surface area contributed by atoms with E-state index in [1.54, 1.807) is 54.6 Å². The van der Waals surface area contributed by atoms with Crippen molar-refractivity contribution in [2.24, 2.45) is 5.92 Å². The highest BCUT2D eigenvalue weighted by atomic mass is 79.9. The highest BCUT2D eigenvalue weighted by Crippen LogP contribution is 2.32. The zero-order valence-electron chi connectivity index (χ0n) is 21.1. The number of amides is 2. The van der Waals surface area contributed by atoms with Crippen LogP contribution in [0.4, 0.5) is 21.9 Å². The zero-order valence-corrected chi connectivity index (χ0v) is 22.7. The number of hydrogen-bond donors (Lipinski definition) is 4. The second kappa shape index (κ2) is 14.8.